The highest BCUT2D eigenvalue weighted by Crippen LogP contribution is 2.51. The molecule has 11 rings (SSSR count). The first kappa shape index (κ1) is 28.8. The van der Waals surface area contributed by atoms with E-state index >= 15 is 0 Å². The first-order valence-electron chi connectivity index (χ1n) is 17.4. The summed E-state index contributed by atoms with van der Waals surface area (Å²) in [5.41, 5.74) is 9.49. The molecular formula is C45H29N5O2. The second-order valence-electron chi connectivity index (χ2n) is 13.3. The highest BCUT2D eigenvalue weighted by molar-refractivity contribution is 6.13. The second-order valence-corrected chi connectivity index (χ2v) is 13.3. The largest absolute Gasteiger partial charge is 0.484 e. The molecule has 0 fully saturated rings. The molecule has 7 heteroatoms. The average molecular weight is 672 g/mol. The van der Waals surface area contributed by atoms with Gasteiger partial charge in [0, 0.05) is 51.8 Å². The van der Waals surface area contributed by atoms with E-state index in [1.54, 1.807) is 11.0 Å². The van der Waals surface area contributed by atoms with Crippen molar-refractivity contribution in [3.63, 3.8) is 0 Å². The van der Waals surface area contributed by atoms with Gasteiger partial charge in [-0.2, -0.15) is 4.80 Å². The van der Waals surface area contributed by atoms with Crippen molar-refractivity contribution in [3.8, 4) is 22.8 Å². The van der Waals surface area contributed by atoms with Gasteiger partial charge in [0.05, 0.1) is 5.69 Å². The lowest BCUT2D eigenvalue weighted by atomic mass is 9.85. The highest BCUT2D eigenvalue weighted by Gasteiger charge is 2.37. The number of nitrogens with zero attached hydrogens (tertiary/aromatic N) is 5. The maximum absolute atomic E-state index is 6.90. The van der Waals surface area contributed by atoms with Crippen LogP contribution < -0.4 is 9.64 Å². The topological polar surface area (TPSA) is 69.2 Å². The number of ether oxygens (including phenoxy) is 1. The van der Waals surface area contributed by atoms with Crippen LogP contribution in [0.5, 0.6) is 5.75 Å². The smallest absolute Gasteiger partial charge is 0.153 e. The molecule has 52 heavy (non-hydrogen) atoms. The van der Waals surface area contributed by atoms with E-state index in [9.17, 15) is 0 Å². The van der Waals surface area contributed by atoms with Gasteiger partial charge >= 0.3 is 0 Å². The summed E-state index contributed by atoms with van der Waals surface area (Å²) < 4.78 is 13.0. The van der Waals surface area contributed by atoms with Crippen molar-refractivity contribution < 1.29 is 9.15 Å². The van der Waals surface area contributed by atoms with Gasteiger partial charge in [-0.3, -0.25) is 4.98 Å². The van der Waals surface area contributed by atoms with Crippen molar-refractivity contribution in [3.05, 3.63) is 175 Å². The van der Waals surface area contributed by atoms with Gasteiger partial charge in [0.1, 0.15) is 34.2 Å². The summed E-state index contributed by atoms with van der Waals surface area (Å²) in [6, 6.07) is 47.8. The molecule has 2 aliphatic rings. The molecule has 246 valence electrons. The molecule has 0 saturated heterocycles. The zero-order chi connectivity index (χ0) is 34.2. The molecule has 0 bridgehead atoms. The fourth-order valence-electron chi connectivity index (χ4n) is 7.83. The molecule has 0 N–H and O–H groups in total. The molecule has 2 unspecified atom stereocenters. The van der Waals surface area contributed by atoms with E-state index < -0.39 is 0 Å². The zero-order valence-corrected chi connectivity index (χ0v) is 27.8. The Kier molecular flexibility index (Phi) is 6.24. The Morgan fingerprint density at radius 3 is 2.00 bits per heavy atom. The fraction of sp³-hybridized carbons (Fsp3) is 0.0444. The molecule has 2 atom stereocenters. The molecule has 0 saturated carbocycles. The second kappa shape index (κ2) is 11.3. The van der Waals surface area contributed by atoms with Crippen LogP contribution in [0, 0.1) is 0 Å². The minimum absolute atomic E-state index is 0.0987. The van der Waals surface area contributed by atoms with Gasteiger partial charge in [0.15, 0.2) is 5.58 Å². The molecule has 0 amide bonds. The van der Waals surface area contributed by atoms with Crippen molar-refractivity contribution in [2.45, 2.75) is 12.0 Å². The minimum Gasteiger partial charge on any atom is -0.484 e. The number of hydrogen-bond acceptors (Lipinski definition) is 6. The Morgan fingerprint density at radius 1 is 0.615 bits per heavy atom. The van der Waals surface area contributed by atoms with Crippen LogP contribution in [0.25, 0.3) is 60.7 Å². The van der Waals surface area contributed by atoms with E-state index in [2.05, 4.69) is 125 Å². The number of pyridine rings is 1. The van der Waals surface area contributed by atoms with Crippen molar-refractivity contribution in [1.29, 1.82) is 0 Å². The summed E-state index contributed by atoms with van der Waals surface area (Å²) in [5.74, 6) is 1.86. The van der Waals surface area contributed by atoms with Crippen LogP contribution in [0.4, 0.5) is 11.4 Å². The first-order chi connectivity index (χ1) is 25.7. The SMILES string of the molecule is C1=CC2c3c(c4ccccc4c4ccccc34)OC2C=C1N(c1ccc(-c2cc3ncccc3o2)cc1)c1ccc(-n2nc3ccccc3n2)cc1. The molecule has 3 aromatic heterocycles. The lowest BCUT2D eigenvalue weighted by Gasteiger charge is -2.30. The number of aromatic nitrogens is 4. The molecule has 0 radical (unpaired) electrons. The maximum Gasteiger partial charge on any atom is 0.153 e. The van der Waals surface area contributed by atoms with E-state index in [0.717, 1.165) is 67.4 Å². The molecule has 0 spiro atoms. The van der Waals surface area contributed by atoms with E-state index in [1.807, 2.05) is 42.5 Å². The molecule has 6 aromatic carbocycles. The number of benzene rings is 6. The predicted octanol–water partition coefficient (Wildman–Crippen LogP) is 10.7. The summed E-state index contributed by atoms with van der Waals surface area (Å²) in [7, 11) is 0. The zero-order valence-electron chi connectivity index (χ0n) is 27.8. The fourth-order valence-corrected chi connectivity index (χ4v) is 7.83. The lowest BCUT2D eigenvalue weighted by Crippen LogP contribution is -2.24. The monoisotopic (exact) mass is 671 g/mol. The predicted molar refractivity (Wildman–Crippen MR) is 206 cm³/mol. The number of fused-ring (bicyclic) bond motifs is 10. The van der Waals surface area contributed by atoms with E-state index in [4.69, 9.17) is 19.4 Å². The average Bonchev–Trinajstić information content (AvgIpc) is 3.94. The van der Waals surface area contributed by atoms with Crippen LogP contribution in [-0.2, 0) is 0 Å². The standard InChI is InChI=1S/C45H29N5O2/c1-3-10-35-33(8-1)34-9-2-4-11-36(34)45-44(35)37-24-23-32(26-43(37)52-45)49(29-17-15-28(16-18-29)42-27-40-41(51-42)14-7-25-46-40)30-19-21-31(22-20-30)50-47-38-12-5-6-13-39(38)48-50/h1-27,37,43H. The van der Waals surface area contributed by atoms with Gasteiger partial charge < -0.3 is 14.1 Å². The van der Waals surface area contributed by atoms with Crippen LogP contribution in [-0.4, -0.2) is 26.1 Å². The summed E-state index contributed by atoms with van der Waals surface area (Å²) in [4.78, 5) is 8.42. The van der Waals surface area contributed by atoms with Crippen molar-refractivity contribution >= 4 is 55.1 Å². The Hall–Kier alpha value is -6.99. The van der Waals surface area contributed by atoms with Gasteiger partial charge in [0.2, 0.25) is 0 Å². The third-order valence-corrected chi connectivity index (χ3v) is 10.3. The van der Waals surface area contributed by atoms with Crippen molar-refractivity contribution in [2.75, 3.05) is 4.90 Å². The van der Waals surface area contributed by atoms with E-state index in [0.29, 0.717) is 0 Å². The highest BCUT2D eigenvalue weighted by atomic mass is 16.5. The number of rotatable bonds is 5. The molecule has 1 aliphatic heterocycles. The van der Waals surface area contributed by atoms with Crippen molar-refractivity contribution in [2.24, 2.45) is 0 Å². The van der Waals surface area contributed by atoms with Crippen LogP contribution in [0.3, 0.4) is 0 Å². The van der Waals surface area contributed by atoms with Crippen molar-refractivity contribution in [1.82, 2.24) is 20.0 Å². The third-order valence-electron chi connectivity index (χ3n) is 10.3. The van der Waals surface area contributed by atoms with Gasteiger partial charge in [-0.05, 0) is 101 Å². The van der Waals surface area contributed by atoms with Crippen LogP contribution in [0.2, 0.25) is 0 Å². The van der Waals surface area contributed by atoms with Crippen LogP contribution in [0.1, 0.15) is 11.5 Å². The summed E-state index contributed by atoms with van der Waals surface area (Å²) >= 11 is 0. The molecule has 1 aliphatic carbocycles. The van der Waals surface area contributed by atoms with Crippen LogP contribution in [0.15, 0.2) is 174 Å². The minimum atomic E-state index is -0.158. The number of hydrogen-bond donors (Lipinski definition) is 0. The lowest BCUT2D eigenvalue weighted by molar-refractivity contribution is 0.270. The molecular weight excluding hydrogens is 643 g/mol. The maximum atomic E-state index is 6.90. The molecule has 9 aromatic rings. The van der Waals surface area contributed by atoms with Crippen LogP contribution >= 0.6 is 0 Å². The number of anilines is 2. The Morgan fingerprint density at radius 2 is 1.27 bits per heavy atom. The summed E-state index contributed by atoms with van der Waals surface area (Å²) in [6.07, 6.45) is 8.44. The number of allylic oxidation sites excluding steroid dienone is 1. The molecule has 4 heterocycles. The Labute approximate surface area is 298 Å². The van der Waals surface area contributed by atoms with Gasteiger partial charge in [-0.25, -0.2) is 0 Å². The normalized spacial score (nSPS) is 16.3. The summed E-state index contributed by atoms with van der Waals surface area (Å²) in [5, 5.41) is 14.3. The van der Waals surface area contributed by atoms with E-state index in [1.165, 1.54) is 21.7 Å². The first-order valence-corrected chi connectivity index (χ1v) is 17.4. The van der Waals surface area contributed by atoms with E-state index in [-0.39, 0.29) is 12.0 Å². The van der Waals surface area contributed by atoms with Gasteiger partial charge in [-0.15, -0.1) is 10.2 Å². The number of furan rings is 1. The Bertz CT molecular complexity index is 2720. The van der Waals surface area contributed by atoms with Gasteiger partial charge in [-0.1, -0.05) is 66.7 Å². The quantitative estimate of drug-likeness (QED) is 0.170. The summed E-state index contributed by atoms with van der Waals surface area (Å²) in [6.45, 7) is 0. The van der Waals surface area contributed by atoms with Gasteiger partial charge in [0.25, 0.3) is 0 Å². The third kappa shape index (κ3) is 4.49. The Balaban J connectivity index is 1.00. The molecule has 7 nitrogen and oxygen atoms in total.